The highest BCUT2D eigenvalue weighted by atomic mass is 32.2. The monoisotopic (exact) mass is 346 g/mol. The van der Waals surface area contributed by atoms with Gasteiger partial charge in [0.15, 0.2) is 0 Å². The summed E-state index contributed by atoms with van der Waals surface area (Å²) in [5, 5.41) is 0. The van der Waals surface area contributed by atoms with Gasteiger partial charge in [-0.25, -0.2) is 25.9 Å². The summed E-state index contributed by atoms with van der Waals surface area (Å²) < 4.78 is 51.8. The molecule has 0 saturated carbocycles. The normalized spacial score (nSPS) is 17.0. The van der Waals surface area contributed by atoms with E-state index >= 15 is 0 Å². The molecule has 0 atom stereocenters. The predicted octanol–water partition coefficient (Wildman–Crippen LogP) is 0.840. The Bertz CT molecular complexity index is 691. The molecule has 1 saturated heterocycles. The van der Waals surface area contributed by atoms with E-state index < -0.39 is 20.0 Å². The summed E-state index contributed by atoms with van der Waals surface area (Å²) in [6.45, 7) is 2.92. The Balaban J connectivity index is 1.86. The van der Waals surface area contributed by atoms with E-state index in [1.807, 2.05) is 19.1 Å². The van der Waals surface area contributed by atoms with Gasteiger partial charge in [-0.2, -0.15) is 0 Å². The third kappa shape index (κ3) is 5.05. The van der Waals surface area contributed by atoms with Crippen molar-refractivity contribution in [2.24, 2.45) is 0 Å². The van der Waals surface area contributed by atoms with Crippen LogP contribution in [0.15, 0.2) is 24.3 Å². The van der Waals surface area contributed by atoms with Gasteiger partial charge in [-0.3, -0.25) is 0 Å². The number of nitrogens with one attached hydrogen (secondary N) is 1. The Kier molecular flexibility index (Phi) is 5.60. The first-order chi connectivity index (χ1) is 10.3. The van der Waals surface area contributed by atoms with Crippen LogP contribution in [0, 0.1) is 6.92 Å². The first kappa shape index (κ1) is 17.4. The first-order valence-electron chi connectivity index (χ1n) is 7.29. The van der Waals surface area contributed by atoms with Crippen molar-refractivity contribution in [1.82, 2.24) is 9.03 Å². The van der Waals surface area contributed by atoms with Gasteiger partial charge in [-0.1, -0.05) is 29.8 Å². The summed E-state index contributed by atoms with van der Waals surface area (Å²) in [5.74, 6) is -0.336. The summed E-state index contributed by atoms with van der Waals surface area (Å²) in [5.41, 5.74) is 1.74. The second kappa shape index (κ2) is 7.08. The van der Waals surface area contributed by atoms with E-state index in [0.29, 0.717) is 18.7 Å². The fourth-order valence-electron chi connectivity index (χ4n) is 2.38. The van der Waals surface area contributed by atoms with Crippen molar-refractivity contribution < 1.29 is 16.8 Å². The van der Waals surface area contributed by atoms with Gasteiger partial charge in [-0.05, 0) is 25.3 Å². The molecule has 1 fully saturated rings. The molecule has 0 unspecified atom stereocenters. The summed E-state index contributed by atoms with van der Waals surface area (Å²) in [7, 11) is -6.88. The van der Waals surface area contributed by atoms with Crippen molar-refractivity contribution >= 4 is 20.0 Å². The molecule has 1 N–H and O–H groups in total. The lowest BCUT2D eigenvalue weighted by Gasteiger charge is -2.15. The van der Waals surface area contributed by atoms with Crippen molar-refractivity contribution in [2.45, 2.75) is 25.5 Å². The van der Waals surface area contributed by atoms with Crippen LogP contribution in [-0.4, -0.2) is 46.5 Å². The quantitative estimate of drug-likeness (QED) is 0.793. The molecular formula is C14H22N2O4S2. The van der Waals surface area contributed by atoms with Gasteiger partial charge in [0.25, 0.3) is 0 Å². The molecule has 0 amide bonds. The number of benzene rings is 1. The largest absolute Gasteiger partial charge is 0.215 e. The fourth-order valence-corrected chi connectivity index (χ4v) is 5.08. The van der Waals surface area contributed by atoms with E-state index in [-0.39, 0.29) is 18.1 Å². The van der Waals surface area contributed by atoms with Crippen molar-refractivity contribution in [2.75, 3.05) is 25.4 Å². The van der Waals surface area contributed by atoms with Gasteiger partial charge in [-0.15, -0.1) is 0 Å². The van der Waals surface area contributed by atoms with Crippen LogP contribution in [0.4, 0.5) is 0 Å². The van der Waals surface area contributed by atoms with Crippen molar-refractivity contribution in [3.05, 3.63) is 35.4 Å². The second-order valence-corrected chi connectivity index (χ2v) is 9.46. The average Bonchev–Trinajstić information content (AvgIpc) is 2.95. The zero-order chi connectivity index (χ0) is 16.2. The lowest BCUT2D eigenvalue weighted by Crippen LogP contribution is -2.36. The highest BCUT2D eigenvalue weighted by molar-refractivity contribution is 7.89. The maximum Gasteiger partial charge on any atom is 0.215 e. The SMILES string of the molecule is Cc1ccc(CS(=O)(=O)NCCS(=O)(=O)N2CCCC2)cc1. The Morgan fingerprint density at radius 2 is 1.64 bits per heavy atom. The first-order valence-corrected chi connectivity index (χ1v) is 10.6. The highest BCUT2D eigenvalue weighted by Crippen LogP contribution is 2.13. The Labute approximate surface area is 132 Å². The predicted molar refractivity (Wildman–Crippen MR) is 86.4 cm³/mol. The van der Waals surface area contributed by atoms with Crippen LogP contribution < -0.4 is 4.72 Å². The summed E-state index contributed by atoms with van der Waals surface area (Å²) in [4.78, 5) is 0. The lowest BCUT2D eigenvalue weighted by molar-refractivity contribution is 0.477. The van der Waals surface area contributed by atoms with Crippen LogP contribution in [0.25, 0.3) is 0 Å². The third-order valence-corrected chi connectivity index (χ3v) is 6.85. The molecule has 22 heavy (non-hydrogen) atoms. The maximum atomic E-state index is 12.0. The minimum Gasteiger partial charge on any atom is -0.214 e. The molecule has 6 nitrogen and oxygen atoms in total. The molecule has 0 aliphatic carbocycles. The Hall–Kier alpha value is -0.960. The van der Waals surface area contributed by atoms with Crippen LogP contribution in [0.2, 0.25) is 0 Å². The van der Waals surface area contributed by atoms with Crippen LogP contribution >= 0.6 is 0 Å². The van der Waals surface area contributed by atoms with Crippen molar-refractivity contribution in [1.29, 1.82) is 0 Å². The van der Waals surface area contributed by atoms with Gasteiger partial charge in [0.2, 0.25) is 20.0 Å². The van der Waals surface area contributed by atoms with E-state index in [0.717, 1.165) is 18.4 Å². The van der Waals surface area contributed by atoms with Crippen molar-refractivity contribution in [3.63, 3.8) is 0 Å². The van der Waals surface area contributed by atoms with Crippen LogP contribution in [0.1, 0.15) is 24.0 Å². The molecule has 1 aromatic rings. The zero-order valence-corrected chi connectivity index (χ0v) is 14.3. The van der Waals surface area contributed by atoms with Crippen molar-refractivity contribution in [3.8, 4) is 0 Å². The van der Waals surface area contributed by atoms with E-state index in [2.05, 4.69) is 4.72 Å². The van der Waals surface area contributed by atoms with Gasteiger partial charge in [0, 0.05) is 19.6 Å². The zero-order valence-electron chi connectivity index (χ0n) is 12.7. The number of rotatable bonds is 7. The average molecular weight is 346 g/mol. The van der Waals surface area contributed by atoms with Crippen LogP contribution in [-0.2, 0) is 25.8 Å². The second-order valence-electron chi connectivity index (χ2n) is 5.56. The van der Waals surface area contributed by atoms with Gasteiger partial charge < -0.3 is 0 Å². The standard InChI is InChI=1S/C14H22N2O4S2/c1-13-4-6-14(7-5-13)12-21(17,18)15-8-11-22(19,20)16-9-2-3-10-16/h4-7,15H,2-3,8-12H2,1H3. The molecule has 2 rings (SSSR count). The molecule has 0 spiro atoms. The van der Waals surface area contributed by atoms with Crippen LogP contribution in [0.3, 0.4) is 0 Å². The summed E-state index contributed by atoms with van der Waals surface area (Å²) >= 11 is 0. The smallest absolute Gasteiger partial charge is 0.214 e. The molecular weight excluding hydrogens is 324 g/mol. The van der Waals surface area contributed by atoms with E-state index in [1.54, 1.807) is 12.1 Å². The molecule has 0 radical (unpaired) electrons. The molecule has 0 aromatic heterocycles. The molecule has 8 heteroatoms. The van der Waals surface area contributed by atoms with Crippen LogP contribution in [0.5, 0.6) is 0 Å². The minimum absolute atomic E-state index is 0.0902. The van der Waals surface area contributed by atoms with Gasteiger partial charge in [0.05, 0.1) is 11.5 Å². The van der Waals surface area contributed by atoms with E-state index in [9.17, 15) is 16.8 Å². The molecule has 124 valence electrons. The maximum absolute atomic E-state index is 12.0. The Morgan fingerprint density at radius 3 is 2.23 bits per heavy atom. The summed E-state index contributed by atoms with van der Waals surface area (Å²) in [6, 6.07) is 7.22. The molecule has 0 bridgehead atoms. The van der Waals surface area contributed by atoms with Gasteiger partial charge in [0.1, 0.15) is 0 Å². The molecule has 1 heterocycles. The molecule has 1 aliphatic rings. The number of aryl methyl sites for hydroxylation is 1. The van der Waals surface area contributed by atoms with E-state index in [1.165, 1.54) is 4.31 Å². The summed E-state index contributed by atoms with van der Waals surface area (Å²) in [6.07, 6.45) is 1.75. The third-order valence-electron chi connectivity index (χ3n) is 3.62. The number of sulfonamides is 2. The fraction of sp³-hybridized carbons (Fsp3) is 0.571. The molecule has 1 aromatic carbocycles. The lowest BCUT2D eigenvalue weighted by atomic mass is 10.2. The minimum atomic E-state index is -3.53. The molecule has 1 aliphatic heterocycles. The Morgan fingerprint density at radius 1 is 1.05 bits per heavy atom. The number of hydrogen-bond donors (Lipinski definition) is 1. The van der Waals surface area contributed by atoms with Gasteiger partial charge >= 0.3 is 0 Å². The topological polar surface area (TPSA) is 83.5 Å². The highest BCUT2D eigenvalue weighted by Gasteiger charge is 2.25. The van der Waals surface area contributed by atoms with E-state index in [4.69, 9.17) is 0 Å². The number of nitrogens with zero attached hydrogens (tertiary/aromatic N) is 1. The number of hydrogen-bond acceptors (Lipinski definition) is 4.